The van der Waals surface area contributed by atoms with Crippen LogP contribution in [-0.2, 0) is 15.0 Å². The van der Waals surface area contributed by atoms with Gasteiger partial charge in [0.25, 0.3) is 11.8 Å². The maximum Gasteiger partial charge on any atom is 0.277 e. The highest BCUT2D eigenvalue weighted by molar-refractivity contribution is 5.92. The molecule has 9 nitrogen and oxygen atoms in total. The van der Waals surface area contributed by atoms with E-state index in [1.807, 2.05) is 36.4 Å². The highest BCUT2D eigenvalue weighted by Crippen LogP contribution is 2.60. The molecule has 3 aromatic carbocycles. The number of pyridine rings is 1. The third-order valence-corrected chi connectivity index (χ3v) is 9.72. The van der Waals surface area contributed by atoms with Gasteiger partial charge in [-0.25, -0.2) is 5.43 Å². The number of hydrazone groups is 1. The average Bonchev–Trinajstić information content (AvgIpc) is 3.06. The molecule has 0 unspecified atom stereocenters. The van der Waals surface area contributed by atoms with Crippen molar-refractivity contribution < 1.29 is 23.8 Å². The number of carbonyl (C=O) groups is 2. The lowest BCUT2D eigenvalue weighted by atomic mass is 9.48. The van der Waals surface area contributed by atoms with Crippen LogP contribution < -0.4 is 25.0 Å². The maximum absolute atomic E-state index is 12.7. The number of hydrogen-bond acceptors (Lipinski definition) is 7. The van der Waals surface area contributed by atoms with Crippen molar-refractivity contribution >= 4 is 34.6 Å². The molecule has 0 spiro atoms. The first-order chi connectivity index (χ1) is 22.5. The van der Waals surface area contributed by atoms with Crippen molar-refractivity contribution in [3.8, 4) is 17.2 Å². The molecule has 236 valence electrons. The predicted octanol–water partition coefficient (Wildman–Crippen LogP) is 6.26. The van der Waals surface area contributed by atoms with Gasteiger partial charge in [0.2, 0.25) is 0 Å². The molecule has 0 atom stereocenters. The van der Waals surface area contributed by atoms with E-state index in [0.717, 1.165) is 28.8 Å². The van der Waals surface area contributed by atoms with Gasteiger partial charge >= 0.3 is 0 Å². The Hall–Kier alpha value is -4.92. The number of aromatic nitrogens is 1. The molecule has 0 saturated heterocycles. The Morgan fingerprint density at radius 2 is 1.54 bits per heavy atom. The Morgan fingerprint density at radius 3 is 2.28 bits per heavy atom. The zero-order valence-corrected chi connectivity index (χ0v) is 25.9. The van der Waals surface area contributed by atoms with Gasteiger partial charge in [0, 0.05) is 17.3 Å². The van der Waals surface area contributed by atoms with Crippen molar-refractivity contribution in [3.05, 3.63) is 90.1 Å². The van der Waals surface area contributed by atoms with E-state index < -0.39 is 5.91 Å². The van der Waals surface area contributed by atoms with Gasteiger partial charge in [-0.05, 0) is 115 Å². The summed E-state index contributed by atoms with van der Waals surface area (Å²) in [6.07, 6.45) is 11.4. The summed E-state index contributed by atoms with van der Waals surface area (Å²) in [5, 5.41) is 7.90. The van der Waals surface area contributed by atoms with Gasteiger partial charge in [-0.2, -0.15) is 5.10 Å². The van der Waals surface area contributed by atoms with Crippen molar-refractivity contribution in [2.45, 2.75) is 43.9 Å². The molecule has 4 saturated carbocycles. The van der Waals surface area contributed by atoms with Crippen LogP contribution in [0.3, 0.4) is 0 Å². The largest absolute Gasteiger partial charge is 0.493 e. The molecule has 46 heavy (non-hydrogen) atoms. The molecule has 4 bridgehead atoms. The molecule has 4 aliphatic rings. The van der Waals surface area contributed by atoms with Crippen molar-refractivity contribution in [3.63, 3.8) is 0 Å². The lowest BCUT2D eigenvalue weighted by Crippen LogP contribution is -2.48. The lowest BCUT2D eigenvalue weighted by molar-refractivity contribution is -0.123. The first-order valence-corrected chi connectivity index (χ1v) is 16.0. The van der Waals surface area contributed by atoms with E-state index in [9.17, 15) is 9.59 Å². The molecular formula is C37H38N4O5. The Morgan fingerprint density at radius 1 is 0.848 bits per heavy atom. The zero-order chi connectivity index (χ0) is 31.5. The fourth-order valence-electron chi connectivity index (χ4n) is 8.14. The molecule has 1 aromatic heterocycles. The van der Waals surface area contributed by atoms with Crippen LogP contribution in [-0.4, -0.2) is 43.3 Å². The first kappa shape index (κ1) is 29.8. The van der Waals surface area contributed by atoms with E-state index in [-0.39, 0.29) is 19.1 Å². The number of anilines is 1. The second kappa shape index (κ2) is 12.8. The molecule has 2 N–H and O–H groups in total. The predicted molar refractivity (Wildman–Crippen MR) is 176 cm³/mol. The molecule has 4 fully saturated rings. The summed E-state index contributed by atoms with van der Waals surface area (Å²) in [7, 11) is 1.52. The van der Waals surface area contributed by atoms with Crippen molar-refractivity contribution in [1.29, 1.82) is 0 Å². The summed E-state index contributed by atoms with van der Waals surface area (Å²) < 4.78 is 16.9. The topological polar surface area (TPSA) is 111 Å². The molecule has 0 aliphatic heterocycles. The smallest absolute Gasteiger partial charge is 0.277 e. The van der Waals surface area contributed by atoms with Crippen LogP contribution in [0.15, 0.2) is 84.1 Å². The normalized spacial score (nSPS) is 22.9. The van der Waals surface area contributed by atoms with E-state index in [1.165, 1.54) is 57.4 Å². The molecule has 2 amide bonds. The van der Waals surface area contributed by atoms with Gasteiger partial charge in [0.05, 0.1) is 13.3 Å². The highest BCUT2D eigenvalue weighted by atomic mass is 16.5. The fourth-order valence-corrected chi connectivity index (χ4v) is 8.14. The number of para-hydroxylation sites is 1. The molecule has 1 heterocycles. The van der Waals surface area contributed by atoms with E-state index >= 15 is 0 Å². The van der Waals surface area contributed by atoms with Crippen LogP contribution in [0.25, 0.3) is 10.9 Å². The number of nitrogens with one attached hydrogen (secondary N) is 2. The molecule has 8 rings (SSSR count). The van der Waals surface area contributed by atoms with Crippen LogP contribution in [0.2, 0.25) is 0 Å². The van der Waals surface area contributed by atoms with Gasteiger partial charge in [0.15, 0.2) is 24.7 Å². The second-order valence-electron chi connectivity index (χ2n) is 12.9. The standard InChI is InChI=1S/C37H38N4O5/c1-44-33-17-24(21-39-41-35(43)23-46-32-6-2-4-28-5-3-13-38-36(28)32)7-12-31(33)45-22-34(42)40-30-10-8-29(9-11-30)37-18-25-14-26(19-37)16-27(15-25)20-37/h2-13,17,21,25-27H,14-16,18-20,22-23H2,1H3,(H,40,42)(H,41,43)/b39-21-. The van der Waals surface area contributed by atoms with Crippen molar-refractivity contribution in [2.75, 3.05) is 25.6 Å². The second-order valence-corrected chi connectivity index (χ2v) is 12.9. The molecule has 0 radical (unpaired) electrons. The number of methoxy groups -OCH3 is 1. The van der Waals surface area contributed by atoms with Gasteiger partial charge in [0.1, 0.15) is 11.3 Å². The summed E-state index contributed by atoms with van der Waals surface area (Å²) in [5.74, 6) is 3.41. The molecule has 4 aliphatic carbocycles. The number of benzene rings is 3. The number of carbonyl (C=O) groups excluding carboxylic acids is 2. The minimum Gasteiger partial charge on any atom is -0.493 e. The minimum atomic E-state index is -0.412. The van der Waals surface area contributed by atoms with Gasteiger partial charge in [-0.1, -0.05) is 30.3 Å². The van der Waals surface area contributed by atoms with Gasteiger partial charge in [-0.15, -0.1) is 0 Å². The van der Waals surface area contributed by atoms with Crippen molar-refractivity contribution in [2.24, 2.45) is 22.9 Å². The zero-order valence-electron chi connectivity index (χ0n) is 25.9. The number of hydrogen-bond donors (Lipinski definition) is 2. The Kier molecular flexibility index (Phi) is 8.30. The fraction of sp³-hybridized carbons (Fsp3) is 0.351. The van der Waals surface area contributed by atoms with Crippen molar-refractivity contribution in [1.82, 2.24) is 10.4 Å². The lowest BCUT2D eigenvalue weighted by Gasteiger charge is -2.57. The van der Waals surface area contributed by atoms with Crippen LogP contribution in [0.1, 0.15) is 49.7 Å². The average molecular weight is 619 g/mol. The molecular weight excluding hydrogens is 580 g/mol. The van der Waals surface area contributed by atoms with Crippen LogP contribution >= 0.6 is 0 Å². The summed E-state index contributed by atoms with van der Waals surface area (Å²) in [6.45, 7) is -0.375. The minimum absolute atomic E-state index is 0.164. The van der Waals surface area contributed by atoms with E-state index in [0.29, 0.717) is 33.7 Å². The number of rotatable bonds is 11. The Labute approximate surface area is 268 Å². The van der Waals surface area contributed by atoms with Gasteiger partial charge < -0.3 is 19.5 Å². The van der Waals surface area contributed by atoms with Crippen LogP contribution in [0.5, 0.6) is 17.2 Å². The van der Waals surface area contributed by atoms with Gasteiger partial charge in [-0.3, -0.25) is 14.6 Å². The summed E-state index contributed by atoms with van der Waals surface area (Å²) in [5.41, 5.74) is 6.36. The quantitative estimate of drug-likeness (QED) is 0.152. The SMILES string of the molecule is COc1cc(/C=N\NC(=O)COc2cccc3cccnc23)ccc1OCC(=O)Nc1ccc(C23CC4CC(CC(C4)C2)C3)cc1. The van der Waals surface area contributed by atoms with Crippen LogP contribution in [0.4, 0.5) is 5.69 Å². The monoisotopic (exact) mass is 618 g/mol. The molecule has 4 aromatic rings. The maximum atomic E-state index is 12.7. The number of amides is 2. The van der Waals surface area contributed by atoms with E-state index in [4.69, 9.17) is 14.2 Å². The Balaban J connectivity index is 0.887. The Bertz CT molecular complexity index is 1730. The number of nitrogens with zero attached hydrogens (tertiary/aromatic N) is 2. The number of fused-ring (bicyclic) bond motifs is 1. The molecule has 9 heteroatoms. The summed E-state index contributed by atoms with van der Waals surface area (Å²) >= 11 is 0. The first-order valence-electron chi connectivity index (χ1n) is 16.0. The van der Waals surface area contributed by atoms with E-state index in [2.05, 4.69) is 33.0 Å². The number of ether oxygens (including phenoxy) is 3. The van der Waals surface area contributed by atoms with Crippen LogP contribution in [0, 0.1) is 17.8 Å². The van der Waals surface area contributed by atoms with E-state index in [1.54, 1.807) is 30.5 Å². The summed E-state index contributed by atoms with van der Waals surface area (Å²) in [6, 6.07) is 23.0. The summed E-state index contributed by atoms with van der Waals surface area (Å²) in [4.78, 5) is 29.3. The highest BCUT2D eigenvalue weighted by Gasteiger charge is 2.51. The third-order valence-electron chi connectivity index (χ3n) is 9.72. The third kappa shape index (κ3) is 6.40.